The molecule has 10 aromatic rings. The molecule has 1 aromatic heterocycles. The molecule has 2 nitrogen and oxygen atoms in total. The fraction of sp³-hybridized carbons (Fsp3) is 0.0566. The molecular weight excluding hydrogens is 665 g/mol. The Hall–Kier alpha value is -6.90. The number of hydrogen-bond acceptors (Lipinski definition) is 2. The monoisotopic (exact) mass is 700 g/mol. The minimum Gasteiger partial charge on any atom is -0.228 e. The van der Waals surface area contributed by atoms with Gasteiger partial charge in [0.05, 0.1) is 11.4 Å². The number of hydrogen-bond donors (Lipinski definition) is 0. The maximum absolute atomic E-state index is 5.16. The van der Waals surface area contributed by atoms with Gasteiger partial charge < -0.3 is 0 Å². The first-order chi connectivity index (χ1) is 27.0. The van der Waals surface area contributed by atoms with Crippen LogP contribution in [-0.2, 0) is 5.41 Å². The minimum absolute atomic E-state index is 0.195. The summed E-state index contributed by atoms with van der Waals surface area (Å²) in [7, 11) is 0. The van der Waals surface area contributed by atoms with E-state index >= 15 is 0 Å². The summed E-state index contributed by atoms with van der Waals surface area (Å²) >= 11 is 0. The molecule has 0 aliphatic heterocycles. The van der Waals surface area contributed by atoms with Crippen molar-refractivity contribution in [3.63, 3.8) is 0 Å². The molecule has 0 amide bonds. The number of fused-ring (bicyclic) bond motifs is 11. The average molecular weight is 701 g/mol. The van der Waals surface area contributed by atoms with Gasteiger partial charge in [0.25, 0.3) is 0 Å². The molecule has 258 valence electrons. The van der Waals surface area contributed by atoms with Crippen molar-refractivity contribution in [1.82, 2.24) is 9.97 Å². The first-order valence-corrected chi connectivity index (χ1v) is 19.1. The van der Waals surface area contributed by atoms with Crippen molar-refractivity contribution < 1.29 is 0 Å². The van der Waals surface area contributed by atoms with Crippen molar-refractivity contribution in [2.45, 2.75) is 19.3 Å². The highest BCUT2D eigenvalue weighted by Crippen LogP contribution is 2.57. The second-order valence-corrected chi connectivity index (χ2v) is 15.3. The van der Waals surface area contributed by atoms with Gasteiger partial charge >= 0.3 is 0 Å². The normalized spacial score (nSPS) is 13.1. The van der Waals surface area contributed by atoms with Crippen LogP contribution in [0, 0.1) is 0 Å². The largest absolute Gasteiger partial charge is 0.228 e. The molecule has 11 rings (SSSR count). The van der Waals surface area contributed by atoms with E-state index in [2.05, 4.69) is 178 Å². The minimum atomic E-state index is -0.195. The van der Waals surface area contributed by atoms with Crippen LogP contribution in [0.25, 0.3) is 99.2 Å². The Morgan fingerprint density at radius 1 is 0.364 bits per heavy atom. The summed E-state index contributed by atoms with van der Waals surface area (Å²) in [6.45, 7) is 4.82. The Kier molecular flexibility index (Phi) is 6.93. The van der Waals surface area contributed by atoms with Gasteiger partial charge in [0.2, 0.25) is 0 Å². The highest BCUT2D eigenvalue weighted by atomic mass is 14.9. The van der Waals surface area contributed by atoms with Crippen LogP contribution < -0.4 is 0 Å². The first-order valence-electron chi connectivity index (χ1n) is 19.1. The van der Waals surface area contributed by atoms with E-state index in [9.17, 15) is 0 Å². The predicted octanol–water partition coefficient (Wildman–Crippen LogP) is 14.1. The van der Waals surface area contributed by atoms with Gasteiger partial charge in [0.15, 0.2) is 5.82 Å². The molecule has 1 aliphatic rings. The van der Waals surface area contributed by atoms with Gasteiger partial charge in [-0.25, -0.2) is 9.97 Å². The van der Waals surface area contributed by atoms with Crippen molar-refractivity contribution in [3.8, 4) is 56.2 Å². The van der Waals surface area contributed by atoms with E-state index in [4.69, 9.17) is 9.97 Å². The summed E-state index contributed by atoms with van der Waals surface area (Å²) in [6.07, 6.45) is 0. The fourth-order valence-corrected chi connectivity index (χ4v) is 9.28. The summed E-state index contributed by atoms with van der Waals surface area (Å²) in [6, 6.07) is 65.7. The molecule has 0 fully saturated rings. The molecule has 2 heteroatoms. The quantitative estimate of drug-likeness (QED) is 0.171. The van der Waals surface area contributed by atoms with Crippen LogP contribution in [0.1, 0.15) is 25.0 Å². The molecule has 55 heavy (non-hydrogen) atoms. The third-order valence-electron chi connectivity index (χ3n) is 11.8. The second-order valence-electron chi connectivity index (χ2n) is 15.3. The fourth-order valence-electron chi connectivity index (χ4n) is 9.28. The van der Waals surface area contributed by atoms with Crippen molar-refractivity contribution >= 4 is 43.1 Å². The van der Waals surface area contributed by atoms with Gasteiger partial charge in [0.1, 0.15) is 0 Å². The van der Waals surface area contributed by atoms with Gasteiger partial charge in [-0.2, -0.15) is 0 Å². The molecule has 1 heterocycles. The Balaban J connectivity index is 1.09. The summed E-state index contributed by atoms with van der Waals surface area (Å²) < 4.78 is 0. The van der Waals surface area contributed by atoms with Gasteiger partial charge in [-0.3, -0.25) is 0 Å². The molecule has 0 saturated heterocycles. The SMILES string of the molecule is CC1(C)c2cc(-c3ccc(-c4cc(-c5cccc6ccccc56)nc(-c5ccccc5)n4)cc3)c3ccccc3c2-c2c1c1ccccc1c1ccccc21. The molecule has 1 aliphatic carbocycles. The zero-order valence-electron chi connectivity index (χ0n) is 30.7. The third-order valence-corrected chi connectivity index (χ3v) is 11.8. The zero-order chi connectivity index (χ0) is 36.7. The lowest BCUT2D eigenvalue weighted by atomic mass is 9.78. The molecule has 0 N–H and O–H groups in total. The van der Waals surface area contributed by atoms with E-state index in [1.54, 1.807) is 0 Å². The maximum atomic E-state index is 5.16. The van der Waals surface area contributed by atoms with Crippen molar-refractivity contribution in [3.05, 3.63) is 193 Å². The van der Waals surface area contributed by atoms with Crippen LogP contribution in [0.4, 0.5) is 0 Å². The summed E-state index contributed by atoms with van der Waals surface area (Å²) in [4.78, 5) is 10.3. The molecule has 9 aromatic carbocycles. The predicted molar refractivity (Wildman–Crippen MR) is 231 cm³/mol. The van der Waals surface area contributed by atoms with Crippen LogP contribution >= 0.6 is 0 Å². The van der Waals surface area contributed by atoms with E-state index in [0.717, 1.165) is 33.9 Å². The lowest BCUT2D eigenvalue weighted by molar-refractivity contribution is 0.667. The Labute approximate surface area is 320 Å². The summed E-state index contributed by atoms with van der Waals surface area (Å²) in [5.41, 5.74) is 12.8. The van der Waals surface area contributed by atoms with E-state index < -0.39 is 0 Å². The number of rotatable bonds is 4. The molecule has 0 atom stereocenters. The topological polar surface area (TPSA) is 25.8 Å². The second kappa shape index (κ2) is 12.1. The molecular formula is C53H36N2. The van der Waals surface area contributed by atoms with Crippen LogP contribution in [0.5, 0.6) is 0 Å². The smallest absolute Gasteiger partial charge is 0.160 e. The van der Waals surface area contributed by atoms with Crippen LogP contribution in [0.2, 0.25) is 0 Å². The third kappa shape index (κ3) is 4.81. The van der Waals surface area contributed by atoms with Crippen LogP contribution in [0.15, 0.2) is 182 Å². The molecule has 0 bridgehead atoms. The van der Waals surface area contributed by atoms with E-state index in [1.807, 2.05) is 18.2 Å². The lowest BCUT2D eigenvalue weighted by Gasteiger charge is -2.25. The Bertz CT molecular complexity index is 3150. The highest BCUT2D eigenvalue weighted by Gasteiger charge is 2.40. The number of aromatic nitrogens is 2. The molecule has 0 saturated carbocycles. The summed E-state index contributed by atoms with van der Waals surface area (Å²) in [5, 5.41) is 10.2. The van der Waals surface area contributed by atoms with Gasteiger partial charge in [-0.1, -0.05) is 184 Å². The lowest BCUT2D eigenvalue weighted by Crippen LogP contribution is -2.16. The Morgan fingerprint density at radius 3 is 1.65 bits per heavy atom. The van der Waals surface area contributed by atoms with Gasteiger partial charge in [-0.05, 0) is 88.6 Å². The van der Waals surface area contributed by atoms with E-state index in [1.165, 1.54) is 76.5 Å². The maximum Gasteiger partial charge on any atom is 0.160 e. The van der Waals surface area contributed by atoms with Crippen LogP contribution in [0.3, 0.4) is 0 Å². The average Bonchev–Trinajstić information content (AvgIpc) is 3.50. The zero-order valence-corrected chi connectivity index (χ0v) is 30.7. The van der Waals surface area contributed by atoms with E-state index in [0.29, 0.717) is 0 Å². The Morgan fingerprint density at radius 2 is 0.909 bits per heavy atom. The van der Waals surface area contributed by atoms with E-state index in [-0.39, 0.29) is 5.41 Å². The molecule has 0 unspecified atom stereocenters. The number of nitrogens with zero attached hydrogens (tertiary/aromatic N) is 2. The van der Waals surface area contributed by atoms with Crippen LogP contribution in [-0.4, -0.2) is 9.97 Å². The highest BCUT2D eigenvalue weighted by molar-refractivity contribution is 6.22. The molecule has 0 spiro atoms. The number of benzene rings is 9. The first kappa shape index (κ1) is 31.6. The van der Waals surface area contributed by atoms with Crippen molar-refractivity contribution in [2.24, 2.45) is 0 Å². The summed E-state index contributed by atoms with van der Waals surface area (Å²) in [5.74, 6) is 0.719. The molecule has 0 radical (unpaired) electrons. The van der Waals surface area contributed by atoms with Crippen molar-refractivity contribution in [1.29, 1.82) is 0 Å². The van der Waals surface area contributed by atoms with Gasteiger partial charge in [-0.15, -0.1) is 0 Å². The van der Waals surface area contributed by atoms with Crippen molar-refractivity contribution in [2.75, 3.05) is 0 Å². The standard InChI is InChI=1S/C53H36N2/c1-53(2)46-31-45(40-22-9-11-23-42(40)49(46)50-43-24-12-8-20-38(43)39-21-10-13-25-44(39)51(50)53)34-27-29-35(30-28-34)47-32-48(55-52(54-47)36-16-4-3-5-17-36)41-26-14-18-33-15-6-7-19-37(33)41/h3-32H,1-2H3. The van der Waals surface area contributed by atoms with Gasteiger partial charge in [0, 0.05) is 22.1 Å².